The molecule has 0 fully saturated rings. The highest BCUT2D eigenvalue weighted by Gasteiger charge is 2.07. The van der Waals surface area contributed by atoms with Crippen molar-refractivity contribution < 1.29 is 9.59 Å². The summed E-state index contributed by atoms with van der Waals surface area (Å²) in [5.74, 6) is 0.221. The van der Waals surface area contributed by atoms with E-state index in [1.165, 1.54) is 0 Å². The third kappa shape index (κ3) is 4.58. The highest BCUT2D eigenvalue weighted by molar-refractivity contribution is 5.94. The van der Waals surface area contributed by atoms with Gasteiger partial charge < -0.3 is 16.4 Å². The zero-order valence-corrected chi connectivity index (χ0v) is 12.2. The molecule has 8 nitrogen and oxygen atoms in total. The second-order valence-corrected chi connectivity index (χ2v) is 4.79. The number of nitrogen functional groups attached to an aromatic ring is 1. The maximum Gasteiger partial charge on any atom is 0.251 e. The first-order valence-corrected chi connectivity index (χ1v) is 6.83. The second kappa shape index (κ2) is 7.21. The fourth-order valence-corrected chi connectivity index (χ4v) is 1.76. The molecule has 1 aromatic heterocycles. The largest absolute Gasteiger partial charge is 0.367 e. The number of anilines is 1. The topological polar surface area (TPSA) is 126 Å². The number of nitrogens with one attached hydrogen (secondary N) is 3. The van der Waals surface area contributed by atoms with Gasteiger partial charge in [-0.1, -0.05) is 17.7 Å². The molecule has 5 N–H and O–H groups in total. The van der Waals surface area contributed by atoms with E-state index in [4.69, 9.17) is 5.73 Å². The van der Waals surface area contributed by atoms with Crippen LogP contribution in [0.25, 0.3) is 0 Å². The summed E-state index contributed by atoms with van der Waals surface area (Å²) in [7, 11) is 0. The molecular formula is C14H18N6O2. The van der Waals surface area contributed by atoms with E-state index in [-0.39, 0.29) is 37.3 Å². The van der Waals surface area contributed by atoms with Crippen molar-refractivity contribution in [1.82, 2.24) is 25.8 Å². The Labute approximate surface area is 127 Å². The smallest absolute Gasteiger partial charge is 0.251 e. The molecule has 1 heterocycles. The number of aromatic nitrogens is 3. The van der Waals surface area contributed by atoms with Crippen LogP contribution in [0.1, 0.15) is 28.2 Å². The lowest BCUT2D eigenvalue weighted by molar-refractivity contribution is -0.121. The quantitative estimate of drug-likeness (QED) is 0.603. The van der Waals surface area contributed by atoms with Crippen molar-refractivity contribution >= 4 is 17.8 Å². The molecule has 1 aromatic carbocycles. The van der Waals surface area contributed by atoms with Gasteiger partial charge in [-0.25, -0.2) is 0 Å². The lowest BCUT2D eigenvalue weighted by atomic mass is 10.1. The molecule has 0 aliphatic carbocycles. The first-order valence-electron chi connectivity index (χ1n) is 6.83. The first-order chi connectivity index (χ1) is 10.5. The molecule has 2 rings (SSSR count). The predicted octanol–water partition coefficient (Wildman–Crippen LogP) is 0.132. The van der Waals surface area contributed by atoms with Gasteiger partial charge in [-0.15, -0.1) is 5.10 Å². The van der Waals surface area contributed by atoms with Gasteiger partial charge in [0.15, 0.2) is 0 Å². The Bertz CT molecular complexity index is 650. The summed E-state index contributed by atoms with van der Waals surface area (Å²) in [4.78, 5) is 27.3. The van der Waals surface area contributed by atoms with Crippen molar-refractivity contribution in [2.75, 3.05) is 12.3 Å². The Hall–Kier alpha value is -2.90. The average molecular weight is 302 g/mol. The normalized spacial score (nSPS) is 10.2. The molecule has 0 atom stereocenters. The van der Waals surface area contributed by atoms with Gasteiger partial charge >= 0.3 is 0 Å². The van der Waals surface area contributed by atoms with Gasteiger partial charge in [-0.2, -0.15) is 4.98 Å². The zero-order chi connectivity index (χ0) is 15.9. The van der Waals surface area contributed by atoms with E-state index in [0.717, 1.165) is 5.56 Å². The maximum atomic E-state index is 11.8. The van der Waals surface area contributed by atoms with E-state index >= 15 is 0 Å². The summed E-state index contributed by atoms with van der Waals surface area (Å²) in [6.45, 7) is 2.43. The number of H-pyrrole nitrogens is 1. The second-order valence-electron chi connectivity index (χ2n) is 4.79. The number of carbonyl (C=O) groups excluding carboxylic acids is 2. The van der Waals surface area contributed by atoms with Gasteiger partial charge in [0.1, 0.15) is 5.82 Å². The molecular weight excluding hydrogens is 284 g/mol. The summed E-state index contributed by atoms with van der Waals surface area (Å²) in [6.07, 6.45) is 0.182. The minimum atomic E-state index is -0.198. The molecule has 0 unspecified atom stereocenters. The van der Waals surface area contributed by atoms with Gasteiger partial charge in [0.2, 0.25) is 11.9 Å². The van der Waals surface area contributed by atoms with Crippen molar-refractivity contribution in [3.05, 3.63) is 41.2 Å². The average Bonchev–Trinajstić information content (AvgIpc) is 2.91. The van der Waals surface area contributed by atoms with Crippen molar-refractivity contribution in [2.45, 2.75) is 19.9 Å². The number of nitrogens with two attached hydrogens (primary N) is 1. The van der Waals surface area contributed by atoms with Crippen molar-refractivity contribution in [3.8, 4) is 0 Å². The predicted molar refractivity (Wildman–Crippen MR) is 80.8 cm³/mol. The van der Waals surface area contributed by atoms with Crippen LogP contribution >= 0.6 is 0 Å². The lowest BCUT2D eigenvalue weighted by Crippen LogP contribution is -2.30. The zero-order valence-electron chi connectivity index (χ0n) is 12.2. The Kier molecular flexibility index (Phi) is 5.07. The van der Waals surface area contributed by atoms with Gasteiger partial charge in [0.05, 0.1) is 6.54 Å². The Balaban J connectivity index is 1.68. The number of hydrogen-bond donors (Lipinski definition) is 4. The van der Waals surface area contributed by atoms with Crippen LogP contribution in [0.15, 0.2) is 24.3 Å². The Morgan fingerprint density at radius 1 is 1.23 bits per heavy atom. The van der Waals surface area contributed by atoms with Gasteiger partial charge in [0, 0.05) is 18.5 Å². The summed E-state index contributed by atoms with van der Waals surface area (Å²) in [5.41, 5.74) is 7.01. The monoisotopic (exact) mass is 302 g/mol. The van der Waals surface area contributed by atoms with Gasteiger partial charge in [0.25, 0.3) is 5.91 Å². The van der Waals surface area contributed by atoms with Crippen molar-refractivity contribution in [1.29, 1.82) is 0 Å². The van der Waals surface area contributed by atoms with Crippen LogP contribution in [-0.4, -0.2) is 33.5 Å². The number of carbonyl (C=O) groups is 2. The fraction of sp³-hybridized carbons (Fsp3) is 0.286. The van der Waals surface area contributed by atoms with Crippen molar-refractivity contribution in [3.63, 3.8) is 0 Å². The molecule has 0 aliphatic heterocycles. The van der Waals surface area contributed by atoms with E-state index in [1.807, 2.05) is 19.1 Å². The minimum absolute atomic E-state index is 0.134. The fourth-order valence-electron chi connectivity index (χ4n) is 1.76. The third-order valence-corrected chi connectivity index (χ3v) is 2.95. The molecule has 0 saturated carbocycles. The number of amides is 2. The van der Waals surface area contributed by atoms with Crippen LogP contribution in [0.2, 0.25) is 0 Å². The lowest BCUT2D eigenvalue weighted by Gasteiger charge is -2.06. The van der Waals surface area contributed by atoms with E-state index in [0.29, 0.717) is 11.4 Å². The molecule has 0 bridgehead atoms. The molecule has 22 heavy (non-hydrogen) atoms. The molecule has 2 aromatic rings. The molecule has 8 heteroatoms. The number of aromatic amines is 1. The Morgan fingerprint density at radius 3 is 2.59 bits per heavy atom. The summed E-state index contributed by atoms with van der Waals surface area (Å²) in [6, 6.07) is 7.23. The number of nitrogens with zero attached hydrogens (tertiary/aromatic N) is 2. The van der Waals surface area contributed by atoms with Crippen LogP contribution in [0, 0.1) is 6.92 Å². The third-order valence-electron chi connectivity index (χ3n) is 2.95. The van der Waals surface area contributed by atoms with Crippen LogP contribution in [0.4, 0.5) is 5.95 Å². The summed E-state index contributed by atoms with van der Waals surface area (Å²) in [5, 5.41) is 11.6. The molecule has 0 radical (unpaired) electrons. The van der Waals surface area contributed by atoms with E-state index in [1.54, 1.807) is 12.1 Å². The maximum absolute atomic E-state index is 11.8. The highest BCUT2D eigenvalue weighted by Crippen LogP contribution is 2.02. The number of rotatable bonds is 6. The Morgan fingerprint density at radius 2 is 1.95 bits per heavy atom. The molecule has 0 aliphatic rings. The standard InChI is InChI=1S/C14H18N6O2/c1-9-2-4-10(5-3-9)13(22)16-7-6-12(21)17-8-11-18-14(15)20-19-11/h2-5H,6-8H2,1H3,(H,16,22)(H,17,21)(H3,15,18,19,20). The van der Waals surface area contributed by atoms with Crippen LogP contribution < -0.4 is 16.4 Å². The summed E-state index contributed by atoms with van der Waals surface area (Å²) >= 11 is 0. The number of hydrogen-bond acceptors (Lipinski definition) is 5. The highest BCUT2D eigenvalue weighted by atomic mass is 16.2. The van der Waals surface area contributed by atoms with E-state index < -0.39 is 0 Å². The molecule has 116 valence electrons. The first kappa shape index (κ1) is 15.5. The SMILES string of the molecule is Cc1ccc(C(=O)NCCC(=O)NCc2nc(N)n[nH]2)cc1. The van der Waals surface area contributed by atoms with Crippen molar-refractivity contribution in [2.24, 2.45) is 0 Å². The van der Waals surface area contributed by atoms with E-state index in [2.05, 4.69) is 25.8 Å². The van der Waals surface area contributed by atoms with Crippen LogP contribution in [0.3, 0.4) is 0 Å². The minimum Gasteiger partial charge on any atom is -0.367 e. The van der Waals surface area contributed by atoms with Gasteiger partial charge in [-0.05, 0) is 19.1 Å². The number of aryl methyl sites for hydroxylation is 1. The molecule has 0 saturated heterocycles. The molecule has 0 spiro atoms. The van der Waals surface area contributed by atoms with Crippen LogP contribution in [0.5, 0.6) is 0 Å². The summed E-state index contributed by atoms with van der Waals surface area (Å²) < 4.78 is 0. The molecule has 2 amide bonds. The number of benzene rings is 1. The van der Waals surface area contributed by atoms with E-state index in [9.17, 15) is 9.59 Å². The van der Waals surface area contributed by atoms with Crippen LogP contribution in [-0.2, 0) is 11.3 Å². The van der Waals surface area contributed by atoms with Gasteiger partial charge in [-0.3, -0.25) is 14.7 Å².